The summed E-state index contributed by atoms with van der Waals surface area (Å²) >= 11 is 0. The van der Waals surface area contributed by atoms with Gasteiger partial charge in [0.25, 0.3) is 11.8 Å². The van der Waals surface area contributed by atoms with E-state index in [0.29, 0.717) is 12.4 Å². The fourth-order valence-corrected chi connectivity index (χ4v) is 2.67. The highest BCUT2D eigenvalue weighted by Crippen LogP contribution is 2.13. The van der Waals surface area contributed by atoms with Crippen LogP contribution >= 0.6 is 0 Å². The van der Waals surface area contributed by atoms with Gasteiger partial charge < -0.3 is 15.0 Å². The van der Waals surface area contributed by atoms with E-state index in [0.717, 1.165) is 31.5 Å². The van der Waals surface area contributed by atoms with Gasteiger partial charge in [0.1, 0.15) is 0 Å². The maximum Gasteiger partial charge on any atom is 0.272 e. The normalized spacial score (nSPS) is 13.7. The largest absolute Gasteiger partial charge is 0.468 e. The first kappa shape index (κ1) is 16.9. The van der Waals surface area contributed by atoms with Crippen LogP contribution in [0.25, 0.3) is 0 Å². The van der Waals surface area contributed by atoms with E-state index >= 15 is 0 Å². The maximum absolute atomic E-state index is 12.2. The third-order valence-electron chi connectivity index (χ3n) is 4.05. The Labute approximate surface area is 145 Å². The molecule has 0 atom stereocenters. The molecule has 0 aromatic carbocycles. The van der Waals surface area contributed by atoms with Crippen molar-refractivity contribution in [1.29, 1.82) is 0 Å². The van der Waals surface area contributed by atoms with Crippen LogP contribution in [-0.4, -0.2) is 51.2 Å². The molecule has 1 aliphatic heterocycles. The molecule has 2 aromatic rings. The van der Waals surface area contributed by atoms with Crippen molar-refractivity contribution in [3.05, 3.63) is 41.9 Å². The molecule has 8 heteroatoms. The van der Waals surface area contributed by atoms with Crippen LogP contribution < -0.4 is 10.1 Å². The van der Waals surface area contributed by atoms with Crippen molar-refractivity contribution in [2.45, 2.75) is 19.4 Å². The minimum atomic E-state index is -0.305. The molecule has 8 nitrogen and oxygen atoms in total. The lowest BCUT2D eigenvalue weighted by atomic mass is 10.3. The van der Waals surface area contributed by atoms with Gasteiger partial charge in [-0.15, -0.1) is 0 Å². The summed E-state index contributed by atoms with van der Waals surface area (Å²) in [6.45, 7) is 1.90. The topological polar surface area (TPSA) is 89.4 Å². The first-order valence-corrected chi connectivity index (χ1v) is 8.25. The number of pyridine rings is 1. The van der Waals surface area contributed by atoms with Crippen molar-refractivity contribution in [3.63, 3.8) is 0 Å². The summed E-state index contributed by atoms with van der Waals surface area (Å²) < 4.78 is 6.98. The van der Waals surface area contributed by atoms with Crippen molar-refractivity contribution in [2.75, 3.05) is 19.7 Å². The summed E-state index contributed by atoms with van der Waals surface area (Å²) in [6, 6.07) is 5.23. The monoisotopic (exact) mass is 343 g/mol. The van der Waals surface area contributed by atoms with E-state index in [2.05, 4.69) is 15.4 Å². The van der Waals surface area contributed by atoms with Gasteiger partial charge in [-0.25, -0.2) is 4.68 Å². The third kappa shape index (κ3) is 4.34. The fourth-order valence-electron chi connectivity index (χ4n) is 2.67. The number of carbonyl (C=O) groups is 2. The van der Waals surface area contributed by atoms with E-state index in [4.69, 9.17) is 4.74 Å². The summed E-state index contributed by atoms with van der Waals surface area (Å²) in [5.74, 6) is 0.0422. The zero-order chi connectivity index (χ0) is 17.6. The van der Waals surface area contributed by atoms with Crippen LogP contribution in [0.4, 0.5) is 0 Å². The van der Waals surface area contributed by atoms with Gasteiger partial charge in [-0.05, 0) is 24.5 Å². The van der Waals surface area contributed by atoms with Gasteiger partial charge >= 0.3 is 0 Å². The average molecular weight is 343 g/mol. The molecule has 0 spiro atoms. The van der Waals surface area contributed by atoms with Gasteiger partial charge in [-0.1, -0.05) is 6.07 Å². The van der Waals surface area contributed by atoms with Crippen molar-refractivity contribution in [1.82, 2.24) is 25.0 Å². The summed E-state index contributed by atoms with van der Waals surface area (Å²) in [7, 11) is 1.67. The molecule has 2 amide bonds. The van der Waals surface area contributed by atoms with Crippen molar-refractivity contribution in [3.8, 4) is 5.88 Å². The molecule has 0 aliphatic carbocycles. The highest BCUT2D eigenvalue weighted by Gasteiger charge is 2.19. The predicted molar refractivity (Wildman–Crippen MR) is 89.9 cm³/mol. The van der Waals surface area contributed by atoms with E-state index in [9.17, 15) is 9.59 Å². The number of carbonyl (C=O) groups excluding carboxylic acids is 2. The number of nitrogens with one attached hydrogen (secondary N) is 1. The molecule has 25 heavy (non-hydrogen) atoms. The number of rotatable bonds is 6. The van der Waals surface area contributed by atoms with Gasteiger partial charge in [0.2, 0.25) is 5.88 Å². The Balaban J connectivity index is 1.54. The second-order valence-corrected chi connectivity index (χ2v) is 5.91. The second-order valence-electron chi connectivity index (χ2n) is 5.91. The number of aromatic nitrogens is 3. The molecule has 3 heterocycles. The lowest BCUT2D eigenvalue weighted by Crippen LogP contribution is -2.32. The maximum atomic E-state index is 12.2. The number of likely N-dealkylation sites (tertiary alicyclic amines) is 1. The first-order chi connectivity index (χ1) is 12.1. The zero-order valence-corrected chi connectivity index (χ0v) is 14.1. The number of aryl methyl sites for hydroxylation is 1. The lowest BCUT2D eigenvalue weighted by molar-refractivity contribution is -0.132. The van der Waals surface area contributed by atoms with Gasteiger partial charge in [0.05, 0.1) is 0 Å². The Hall–Kier alpha value is -2.90. The van der Waals surface area contributed by atoms with E-state index in [1.165, 1.54) is 10.7 Å². The number of hydrogen-bond acceptors (Lipinski definition) is 5. The average Bonchev–Trinajstić information content (AvgIpc) is 3.28. The van der Waals surface area contributed by atoms with E-state index in [1.807, 2.05) is 12.1 Å². The molecular weight excluding hydrogens is 322 g/mol. The van der Waals surface area contributed by atoms with E-state index in [-0.39, 0.29) is 24.1 Å². The first-order valence-electron chi connectivity index (χ1n) is 8.25. The lowest BCUT2D eigenvalue weighted by Gasteiger charge is -2.15. The number of ether oxygens (including phenoxy) is 1. The zero-order valence-electron chi connectivity index (χ0n) is 14.1. The Morgan fingerprint density at radius 3 is 2.84 bits per heavy atom. The van der Waals surface area contributed by atoms with E-state index < -0.39 is 0 Å². The minimum Gasteiger partial charge on any atom is -0.468 e. The van der Waals surface area contributed by atoms with E-state index in [1.54, 1.807) is 24.3 Å². The summed E-state index contributed by atoms with van der Waals surface area (Å²) in [5, 5.41) is 6.92. The Kier molecular flexibility index (Phi) is 5.27. The van der Waals surface area contributed by atoms with Crippen LogP contribution in [0.1, 0.15) is 28.9 Å². The SMILES string of the molecule is Cn1nc(C(=O)NCc2cccnc2)cc1OCC(=O)N1CCCC1. The fraction of sp³-hybridized carbons (Fsp3) is 0.412. The van der Waals surface area contributed by atoms with Crippen LogP contribution in [0.15, 0.2) is 30.6 Å². The standard InChI is InChI=1S/C17H21N5O3/c1-21-16(25-12-15(23)22-7-2-3-8-22)9-14(20-21)17(24)19-11-13-5-4-6-18-10-13/h4-6,9-10H,2-3,7-8,11-12H2,1H3,(H,19,24). The molecule has 1 aliphatic rings. The number of nitrogens with zero attached hydrogens (tertiary/aromatic N) is 4. The third-order valence-corrected chi connectivity index (χ3v) is 4.05. The Bertz CT molecular complexity index is 738. The van der Waals surface area contributed by atoms with Crippen molar-refractivity contribution >= 4 is 11.8 Å². The van der Waals surface area contributed by atoms with Gasteiger partial charge in [-0.2, -0.15) is 5.10 Å². The van der Waals surface area contributed by atoms with Crippen LogP contribution in [-0.2, 0) is 18.4 Å². The van der Waals surface area contributed by atoms with Gasteiger partial charge in [0, 0.05) is 45.1 Å². The smallest absolute Gasteiger partial charge is 0.272 e. The number of hydrogen-bond donors (Lipinski definition) is 1. The highest BCUT2D eigenvalue weighted by molar-refractivity contribution is 5.92. The van der Waals surface area contributed by atoms with Crippen LogP contribution in [0.2, 0.25) is 0 Å². The highest BCUT2D eigenvalue weighted by atomic mass is 16.5. The summed E-state index contributed by atoms with van der Waals surface area (Å²) in [6.07, 6.45) is 5.45. The second kappa shape index (κ2) is 7.78. The molecule has 1 N–H and O–H groups in total. The predicted octanol–water partition coefficient (Wildman–Crippen LogP) is 0.746. The molecule has 2 aromatic heterocycles. The van der Waals surface area contributed by atoms with Crippen molar-refractivity contribution in [2.24, 2.45) is 7.05 Å². The Morgan fingerprint density at radius 1 is 1.32 bits per heavy atom. The molecule has 0 unspecified atom stereocenters. The molecule has 3 rings (SSSR count). The molecule has 1 fully saturated rings. The van der Waals surface area contributed by atoms with Crippen LogP contribution in [0.3, 0.4) is 0 Å². The van der Waals surface area contributed by atoms with Gasteiger partial charge in [-0.3, -0.25) is 14.6 Å². The van der Waals surface area contributed by atoms with Crippen LogP contribution in [0.5, 0.6) is 5.88 Å². The molecular formula is C17H21N5O3. The molecule has 1 saturated heterocycles. The number of amides is 2. The summed E-state index contributed by atoms with van der Waals surface area (Å²) in [5.41, 5.74) is 1.15. The molecule has 0 bridgehead atoms. The molecule has 132 valence electrons. The summed E-state index contributed by atoms with van der Waals surface area (Å²) in [4.78, 5) is 30.0. The minimum absolute atomic E-state index is 0.0405. The van der Waals surface area contributed by atoms with Crippen molar-refractivity contribution < 1.29 is 14.3 Å². The quantitative estimate of drug-likeness (QED) is 0.836. The van der Waals surface area contributed by atoms with Crippen LogP contribution in [0, 0.1) is 0 Å². The molecule has 0 saturated carbocycles. The molecule has 0 radical (unpaired) electrons. The van der Waals surface area contributed by atoms with Gasteiger partial charge in [0.15, 0.2) is 12.3 Å². The Morgan fingerprint density at radius 2 is 2.12 bits per heavy atom.